The summed E-state index contributed by atoms with van der Waals surface area (Å²) in [6.45, 7) is 4.79. The maximum absolute atomic E-state index is 6.59. The number of rotatable bonds is 3. The van der Waals surface area contributed by atoms with E-state index in [0.29, 0.717) is 0 Å². The Kier molecular flexibility index (Phi) is 6.15. The van der Waals surface area contributed by atoms with Gasteiger partial charge in [-0.15, -0.1) is 0 Å². The van der Waals surface area contributed by atoms with Crippen LogP contribution in [0.15, 0.2) is 180 Å². The van der Waals surface area contributed by atoms with Gasteiger partial charge in [-0.1, -0.05) is 147 Å². The van der Waals surface area contributed by atoms with Crippen molar-refractivity contribution in [1.82, 2.24) is 4.57 Å². The molecular formula is C53H35NO. The highest BCUT2D eigenvalue weighted by Gasteiger charge is 2.36. The van der Waals surface area contributed by atoms with Crippen molar-refractivity contribution in [1.29, 1.82) is 0 Å². The van der Waals surface area contributed by atoms with Crippen molar-refractivity contribution >= 4 is 65.3 Å². The second kappa shape index (κ2) is 11.1. The molecule has 2 heterocycles. The van der Waals surface area contributed by atoms with Crippen LogP contribution in [-0.2, 0) is 5.41 Å². The standard InChI is InChI=1S/C53H35NO/c1-53(2)44-30-33(50-40-19-8-6-17-38(40)49(32-14-4-3-5-15-32)39-18-7-9-20-41(39)50)24-26-35(44)36-27-25-34(31-45(36)53)54-46-22-12-10-21-43(46)51-47(54)29-28-42-37-16-11-13-23-48(37)55-52(42)51/h3-31H,1-2H3. The van der Waals surface area contributed by atoms with Gasteiger partial charge in [-0.3, -0.25) is 0 Å². The number of hydrogen-bond donors (Lipinski definition) is 0. The van der Waals surface area contributed by atoms with Crippen LogP contribution in [0, 0.1) is 0 Å². The van der Waals surface area contributed by atoms with E-state index in [0.717, 1.165) is 38.5 Å². The lowest BCUT2D eigenvalue weighted by atomic mass is 9.80. The molecule has 0 atom stereocenters. The van der Waals surface area contributed by atoms with Crippen molar-refractivity contribution in [2.75, 3.05) is 0 Å². The zero-order chi connectivity index (χ0) is 36.4. The third kappa shape index (κ3) is 4.14. The molecule has 1 aliphatic carbocycles. The molecule has 0 unspecified atom stereocenters. The Morgan fingerprint density at radius 3 is 1.69 bits per heavy atom. The minimum absolute atomic E-state index is 0.211. The predicted octanol–water partition coefficient (Wildman–Crippen LogP) is 14.6. The highest BCUT2D eigenvalue weighted by Crippen LogP contribution is 2.52. The van der Waals surface area contributed by atoms with Gasteiger partial charge in [0.2, 0.25) is 0 Å². The summed E-state index contributed by atoms with van der Waals surface area (Å²) in [7, 11) is 0. The molecule has 0 saturated heterocycles. The zero-order valence-electron chi connectivity index (χ0n) is 30.6. The van der Waals surface area contributed by atoms with Crippen molar-refractivity contribution in [3.63, 3.8) is 0 Å². The summed E-state index contributed by atoms with van der Waals surface area (Å²) in [5.74, 6) is 0. The molecule has 0 spiro atoms. The fourth-order valence-corrected chi connectivity index (χ4v) is 9.89. The van der Waals surface area contributed by atoms with Crippen molar-refractivity contribution in [2.24, 2.45) is 0 Å². The molecule has 2 nitrogen and oxygen atoms in total. The van der Waals surface area contributed by atoms with Crippen molar-refractivity contribution in [2.45, 2.75) is 19.3 Å². The van der Waals surface area contributed by atoms with Crippen LogP contribution in [0.1, 0.15) is 25.0 Å². The quantitative estimate of drug-likeness (QED) is 0.168. The first-order chi connectivity index (χ1) is 27.1. The van der Waals surface area contributed by atoms with Crippen molar-refractivity contribution < 1.29 is 4.42 Å². The Balaban J connectivity index is 1.05. The summed E-state index contributed by atoms with van der Waals surface area (Å²) < 4.78 is 9.01. The fraction of sp³-hybridized carbons (Fsp3) is 0.0566. The molecule has 0 fully saturated rings. The van der Waals surface area contributed by atoms with E-state index in [2.05, 4.69) is 188 Å². The fourth-order valence-electron chi connectivity index (χ4n) is 9.89. The van der Waals surface area contributed by atoms with Crippen LogP contribution < -0.4 is 0 Å². The largest absolute Gasteiger partial charge is 0.455 e. The first kappa shape index (κ1) is 30.6. The molecule has 1 aliphatic rings. The molecule has 2 aromatic heterocycles. The Hall–Kier alpha value is -6.90. The average molecular weight is 702 g/mol. The lowest BCUT2D eigenvalue weighted by Crippen LogP contribution is -2.15. The van der Waals surface area contributed by atoms with Crippen molar-refractivity contribution in [3.05, 3.63) is 187 Å². The normalized spacial score (nSPS) is 13.4. The van der Waals surface area contributed by atoms with Gasteiger partial charge in [0, 0.05) is 27.3 Å². The maximum Gasteiger partial charge on any atom is 0.145 e. The second-order valence-corrected chi connectivity index (χ2v) is 15.6. The van der Waals surface area contributed by atoms with Gasteiger partial charge in [0.25, 0.3) is 0 Å². The van der Waals surface area contributed by atoms with Crippen LogP contribution in [-0.4, -0.2) is 4.57 Å². The SMILES string of the molecule is CC1(C)c2cc(-c3c4ccccc4c(-c4ccccc4)c4ccccc34)ccc2-c2ccc(-n3c4ccccc4c4c5oc6ccccc6c5ccc43)cc21. The lowest BCUT2D eigenvalue weighted by Gasteiger charge is -2.23. The topological polar surface area (TPSA) is 18.1 Å². The first-order valence-corrected chi connectivity index (χ1v) is 19.2. The van der Waals surface area contributed by atoms with Crippen LogP contribution >= 0.6 is 0 Å². The first-order valence-electron chi connectivity index (χ1n) is 19.2. The Labute approximate surface area is 318 Å². The number of hydrogen-bond acceptors (Lipinski definition) is 1. The minimum atomic E-state index is -0.211. The third-order valence-electron chi connectivity index (χ3n) is 12.4. The number of fused-ring (bicyclic) bond motifs is 12. The van der Waals surface area contributed by atoms with Crippen LogP contribution in [0.5, 0.6) is 0 Å². The number of aromatic nitrogens is 1. The minimum Gasteiger partial charge on any atom is -0.455 e. The van der Waals surface area contributed by atoms with Gasteiger partial charge in [-0.2, -0.15) is 0 Å². The molecule has 9 aromatic carbocycles. The van der Waals surface area contributed by atoms with Crippen LogP contribution in [0.4, 0.5) is 0 Å². The smallest absolute Gasteiger partial charge is 0.145 e. The maximum atomic E-state index is 6.59. The Morgan fingerprint density at radius 2 is 0.982 bits per heavy atom. The van der Waals surface area contributed by atoms with E-state index in [9.17, 15) is 0 Å². The van der Waals surface area contributed by atoms with Crippen LogP contribution in [0.3, 0.4) is 0 Å². The van der Waals surface area contributed by atoms with Gasteiger partial charge in [0.05, 0.1) is 16.4 Å². The molecule has 0 bridgehead atoms. The van der Waals surface area contributed by atoms with Gasteiger partial charge < -0.3 is 8.98 Å². The molecule has 0 aliphatic heterocycles. The summed E-state index contributed by atoms with van der Waals surface area (Å²) in [4.78, 5) is 0. The molecule has 0 amide bonds. The van der Waals surface area contributed by atoms with Gasteiger partial charge in [0.1, 0.15) is 11.2 Å². The number of para-hydroxylation sites is 2. The molecule has 12 rings (SSSR count). The van der Waals surface area contributed by atoms with Crippen molar-refractivity contribution in [3.8, 4) is 39.1 Å². The van der Waals surface area contributed by atoms with E-state index in [1.807, 2.05) is 6.07 Å². The molecule has 11 aromatic rings. The molecule has 0 N–H and O–H groups in total. The molecule has 0 radical (unpaired) electrons. The van der Waals surface area contributed by atoms with E-state index < -0.39 is 0 Å². The van der Waals surface area contributed by atoms with Crippen LogP contribution in [0.25, 0.3) is 104 Å². The summed E-state index contributed by atoms with van der Waals surface area (Å²) in [6.07, 6.45) is 0. The average Bonchev–Trinajstić information content (AvgIpc) is 3.85. The molecular weight excluding hydrogens is 667 g/mol. The van der Waals surface area contributed by atoms with E-state index in [-0.39, 0.29) is 5.41 Å². The van der Waals surface area contributed by atoms with E-state index >= 15 is 0 Å². The van der Waals surface area contributed by atoms with E-state index in [1.165, 1.54) is 77.0 Å². The summed E-state index contributed by atoms with van der Waals surface area (Å²) in [5.41, 5.74) is 15.6. The van der Waals surface area contributed by atoms with Gasteiger partial charge in [0.15, 0.2) is 0 Å². The highest BCUT2D eigenvalue weighted by atomic mass is 16.3. The summed E-state index contributed by atoms with van der Waals surface area (Å²) >= 11 is 0. The van der Waals surface area contributed by atoms with E-state index in [4.69, 9.17) is 4.42 Å². The number of benzene rings is 9. The van der Waals surface area contributed by atoms with E-state index in [1.54, 1.807) is 0 Å². The van der Waals surface area contributed by atoms with Gasteiger partial charge in [-0.25, -0.2) is 0 Å². The predicted molar refractivity (Wildman–Crippen MR) is 232 cm³/mol. The molecule has 2 heteroatoms. The summed E-state index contributed by atoms with van der Waals surface area (Å²) in [5, 5.41) is 9.79. The summed E-state index contributed by atoms with van der Waals surface area (Å²) in [6, 6.07) is 64.6. The molecule has 258 valence electrons. The zero-order valence-corrected chi connectivity index (χ0v) is 30.6. The molecule has 0 saturated carbocycles. The Bertz CT molecular complexity index is 3340. The molecule has 55 heavy (non-hydrogen) atoms. The monoisotopic (exact) mass is 701 g/mol. The van der Waals surface area contributed by atoms with Gasteiger partial charge in [-0.05, 0) is 109 Å². The van der Waals surface area contributed by atoms with Crippen LogP contribution in [0.2, 0.25) is 0 Å². The second-order valence-electron chi connectivity index (χ2n) is 15.6. The lowest BCUT2D eigenvalue weighted by molar-refractivity contribution is 0.660. The highest BCUT2D eigenvalue weighted by molar-refractivity contribution is 6.24. The third-order valence-corrected chi connectivity index (χ3v) is 12.4. The number of nitrogens with zero attached hydrogens (tertiary/aromatic N) is 1. The Morgan fingerprint density at radius 1 is 0.418 bits per heavy atom. The number of furan rings is 1. The van der Waals surface area contributed by atoms with Gasteiger partial charge >= 0.3 is 0 Å².